The van der Waals surface area contributed by atoms with E-state index in [-0.39, 0.29) is 12.5 Å². The number of carbonyl (C=O) groups is 1. The normalized spacial score (nSPS) is 10.5. The summed E-state index contributed by atoms with van der Waals surface area (Å²) >= 11 is 0. The molecule has 0 fully saturated rings. The number of ether oxygens (including phenoxy) is 1. The van der Waals surface area contributed by atoms with Crippen molar-refractivity contribution in [1.29, 1.82) is 0 Å². The number of nitrogens with zero attached hydrogens (tertiary/aromatic N) is 1. The summed E-state index contributed by atoms with van der Waals surface area (Å²) in [6.07, 6.45) is 0.781. The topological polar surface area (TPSA) is 43.3 Å². The summed E-state index contributed by atoms with van der Waals surface area (Å²) < 4.78 is 7.22. The molecule has 1 heterocycles. The minimum absolute atomic E-state index is 0.201. The van der Waals surface area contributed by atoms with Crippen LogP contribution in [0.1, 0.15) is 17.0 Å². The fraction of sp³-hybridized carbons (Fsp3) is 0.583. The summed E-state index contributed by atoms with van der Waals surface area (Å²) in [4.78, 5) is 11.1. The molecule has 4 nitrogen and oxygen atoms in total. The lowest BCUT2D eigenvalue weighted by Crippen LogP contribution is -2.21. The van der Waals surface area contributed by atoms with Crippen LogP contribution in [0.2, 0.25) is 0 Å². The van der Waals surface area contributed by atoms with Crippen molar-refractivity contribution >= 4 is 5.97 Å². The molecular weight excluding hydrogens is 204 g/mol. The van der Waals surface area contributed by atoms with Crippen LogP contribution in [-0.2, 0) is 23.0 Å². The second kappa shape index (κ2) is 5.70. The van der Waals surface area contributed by atoms with E-state index in [2.05, 4.69) is 29.8 Å². The molecule has 1 aromatic rings. The van der Waals surface area contributed by atoms with Gasteiger partial charge in [0.1, 0.15) is 0 Å². The van der Waals surface area contributed by atoms with Crippen molar-refractivity contribution in [2.24, 2.45) is 7.05 Å². The number of aromatic nitrogens is 1. The van der Waals surface area contributed by atoms with Crippen LogP contribution in [0.3, 0.4) is 0 Å². The van der Waals surface area contributed by atoms with Crippen LogP contribution in [0.25, 0.3) is 0 Å². The van der Waals surface area contributed by atoms with Crippen LogP contribution in [-0.4, -0.2) is 30.7 Å². The van der Waals surface area contributed by atoms with E-state index in [9.17, 15) is 4.79 Å². The van der Waals surface area contributed by atoms with E-state index >= 15 is 0 Å². The van der Waals surface area contributed by atoms with E-state index in [1.54, 1.807) is 7.05 Å². The first-order chi connectivity index (χ1) is 7.56. The minimum Gasteiger partial charge on any atom is -0.464 e. The average Bonchev–Trinajstić information content (AvgIpc) is 2.47. The molecule has 0 amide bonds. The Labute approximate surface area is 96.6 Å². The molecule has 1 N–H and O–H groups in total. The van der Waals surface area contributed by atoms with Gasteiger partial charge in [-0.25, -0.2) is 0 Å². The molecule has 0 bridgehead atoms. The van der Waals surface area contributed by atoms with Crippen molar-refractivity contribution in [3.05, 3.63) is 23.0 Å². The molecule has 0 saturated heterocycles. The molecule has 4 heteroatoms. The van der Waals surface area contributed by atoms with Crippen LogP contribution in [0, 0.1) is 13.8 Å². The Balaban J connectivity index is 2.43. The Hall–Kier alpha value is -1.29. The molecule has 0 aliphatic rings. The first kappa shape index (κ1) is 12.8. The number of carbonyl (C=O) groups excluding carboxylic acids is 1. The van der Waals surface area contributed by atoms with Gasteiger partial charge in [0.2, 0.25) is 0 Å². The van der Waals surface area contributed by atoms with Gasteiger partial charge in [0, 0.05) is 24.9 Å². The quantitative estimate of drug-likeness (QED) is 0.757. The standard InChI is InChI=1S/C12H20N2O2/c1-9-7-11(10(2)14(9)4)5-6-16-12(15)8-13-3/h7,13H,5-6,8H2,1-4H3. The van der Waals surface area contributed by atoms with Crippen LogP contribution in [0.5, 0.6) is 0 Å². The summed E-state index contributed by atoms with van der Waals surface area (Å²) in [5.41, 5.74) is 3.72. The molecule has 0 aliphatic carbocycles. The number of aryl methyl sites for hydroxylation is 1. The summed E-state index contributed by atoms with van der Waals surface area (Å²) in [7, 11) is 3.77. The predicted octanol–water partition coefficient (Wildman–Crippen LogP) is 0.947. The predicted molar refractivity (Wildman–Crippen MR) is 63.5 cm³/mol. The largest absolute Gasteiger partial charge is 0.464 e. The van der Waals surface area contributed by atoms with Gasteiger partial charge in [0.25, 0.3) is 0 Å². The molecule has 0 saturated carbocycles. The Morgan fingerprint density at radius 3 is 2.69 bits per heavy atom. The third-order valence-electron chi connectivity index (χ3n) is 2.84. The summed E-state index contributed by atoms with van der Waals surface area (Å²) in [6, 6.07) is 2.14. The number of likely N-dealkylation sites (N-methyl/N-ethyl adjacent to an activating group) is 1. The highest BCUT2D eigenvalue weighted by atomic mass is 16.5. The van der Waals surface area contributed by atoms with Crippen molar-refractivity contribution in [2.75, 3.05) is 20.2 Å². The molecule has 1 aromatic heterocycles. The van der Waals surface area contributed by atoms with E-state index < -0.39 is 0 Å². The average molecular weight is 224 g/mol. The van der Waals surface area contributed by atoms with Crippen molar-refractivity contribution in [2.45, 2.75) is 20.3 Å². The van der Waals surface area contributed by atoms with E-state index in [1.807, 2.05) is 7.05 Å². The van der Waals surface area contributed by atoms with Gasteiger partial charge in [0.05, 0.1) is 13.2 Å². The van der Waals surface area contributed by atoms with E-state index in [4.69, 9.17) is 4.74 Å². The lowest BCUT2D eigenvalue weighted by molar-refractivity contribution is -0.142. The molecular formula is C12H20N2O2. The first-order valence-corrected chi connectivity index (χ1v) is 5.48. The summed E-state index contributed by atoms with van der Waals surface area (Å²) in [5, 5.41) is 2.76. The number of rotatable bonds is 5. The number of hydrogen-bond donors (Lipinski definition) is 1. The van der Waals surface area contributed by atoms with Crippen molar-refractivity contribution in [3.63, 3.8) is 0 Å². The highest BCUT2D eigenvalue weighted by molar-refractivity contribution is 5.71. The molecule has 0 spiro atoms. The molecule has 0 aromatic carbocycles. The molecule has 0 atom stereocenters. The summed E-state index contributed by atoms with van der Waals surface area (Å²) in [6.45, 7) is 4.87. The lowest BCUT2D eigenvalue weighted by atomic mass is 10.2. The Morgan fingerprint density at radius 2 is 2.19 bits per heavy atom. The van der Waals surface area contributed by atoms with Crippen molar-refractivity contribution in [3.8, 4) is 0 Å². The van der Waals surface area contributed by atoms with Gasteiger partial charge in [0.15, 0.2) is 0 Å². The maximum Gasteiger partial charge on any atom is 0.319 e. The fourth-order valence-electron chi connectivity index (χ4n) is 1.66. The van der Waals surface area contributed by atoms with Gasteiger partial charge in [-0.3, -0.25) is 4.79 Å². The number of esters is 1. The van der Waals surface area contributed by atoms with Gasteiger partial charge in [-0.2, -0.15) is 0 Å². The number of nitrogens with one attached hydrogen (secondary N) is 1. The van der Waals surface area contributed by atoms with E-state index in [1.165, 1.54) is 17.0 Å². The molecule has 0 aliphatic heterocycles. The monoisotopic (exact) mass is 224 g/mol. The van der Waals surface area contributed by atoms with Crippen LogP contribution in [0.4, 0.5) is 0 Å². The Morgan fingerprint density at radius 1 is 1.50 bits per heavy atom. The van der Waals surface area contributed by atoms with Crippen molar-refractivity contribution in [1.82, 2.24) is 9.88 Å². The van der Waals surface area contributed by atoms with Crippen LogP contribution >= 0.6 is 0 Å². The molecule has 16 heavy (non-hydrogen) atoms. The second-order valence-electron chi connectivity index (χ2n) is 3.96. The van der Waals surface area contributed by atoms with Crippen LogP contribution in [0.15, 0.2) is 6.07 Å². The Kier molecular flexibility index (Phi) is 4.55. The van der Waals surface area contributed by atoms with Gasteiger partial charge in [-0.1, -0.05) is 0 Å². The minimum atomic E-state index is -0.201. The van der Waals surface area contributed by atoms with Gasteiger partial charge in [-0.15, -0.1) is 0 Å². The van der Waals surface area contributed by atoms with E-state index in [0.29, 0.717) is 6.61 Å². The molecule has 1 rings (SSSR count). The van der Waals surface area contributed by atoms with Crippen molar-refractivity contribution < 1.29 is 9.53 Å². The van der Waals surface area contributed by atoms with Crippen LogP contribution < -0.4 is 5.32 Å². The Bertz CT molecular complexity index is 369. The SMILES string of the molecule is CNCC(=O)OCCc1cc(C)n(C)c1C. The maximum absolute atomic E-state index is 11.1. The maximum atomic E-state index is 11.1. The molecule has 0 radical (unpaired) electrons. The second-order valence-corrected chi connectivity index (χ2v) is 3.96. The van der Waals surface area contributed by atoms with E-state index in [0.717, 1.165) is 6.42 Å². The lowest BCUT2D eigenvalue weighted by Gasteiger charge is -2.05. The van der Waals surface area contributed by atoms with Gasteiger partial charge >= 0.3 is 5.97 Å². The zero-order chi connectivity index (χ0) is 12.1. The van der Waals surface area contributed by atoms with Gasteiger partial charge in [-0.05, 0) is 32.5 Å². The third-order valence-corrected chi connectivity index (χ3v) is 2.84. The highest BCUT2D eigenvalue weighted by Crippen LogP contribution is 2.13. The zero-order valence-electron chi connectivity index (χ0n) is 10.5. The molecule has 0 unspecified atom stereocenters. The first-order valence-electron chi connectivity index (χ1n) is 5.48. The van der Waals surface area contributed by atoms with Gasteiger partial charge < -0.3 is 14.6 Å². The zero-order valence-corrected chi connectivity index (χ0v) is 10.5. The molecule has 90 valence electrons. The fourth-order valence-corrected chi connectivity index (χ4v) is 1.66. The highest BCUT2D eigenvalue weighted by Gasteiger charge is 2.07. The summed E-state index contributed by atoms with van der Waals surface area (Å²) in [5.74, 6) is -0.201. The smallest absolute Gasteiger partial charge is 0.319 e. The third kappa shape index (κ3) is 3.10. The number of hydrogen-bond acceptors (Lipinski definition) is 3.